The Morgan fingerprint density at radius 3 is 2.85 bits per heavy atom. The number of allylic oxidation sites excluding steroid dienone is 1. The molecule has 3 N–H and O–H groups in total. The standard InChI is InChI=1S/C19H29N5O2/c1-26-19(25)15-8-11-24(12-9-15)18-16(20)17(22-13-23-18)21-10-7-14-5-3-2-4-6-14/h5,13,15H,2-4,6-12,20H2,1H3,(H,21,22,23). The molecular weight excluding hydrogens is 330 g/mol. The molecule has 1 aliphatic heterocycles. The fraction of sp³-hybridized carbons (Fsp3) is 0.632. The van der Waals surface area contributed by atoms with Gasteiger partial charge in [-0.3, -0.25) is 4.79 Å². The molecule has 0 bridgehead atoms. The molecule has 1 aromatic heterocycles. The van der Waals surface area contributed by atoms with Gasteiger partial charge in [-0.2, -0.15) is 0 Å². The number of nitrogens with one attached hydrogen (secondary N) is 1. The number of anilines is 3. The Labute approximate surface area is 155 Å². The van der Waals surface area contributed by atoms with E-state index in [1.165, 1.54) is 38.4 Å². The van der Waals surface area contributed by atoms with Gasteiger partial charge in [0.2, 0.25) is 0 Å². The Morgan fingerprint density at radius 1 is 1.35 bits per heavy atom. The lowest BCUT2D eigenvalue weighted by Crippen LogP contribution is -2.37. The highest BCUT2D eigenvalue weighted by Crippen LogP contribution is 2.30. The number of methoxy groups -OCH3 is 1. The first-order valence-corrected chi connectivity index (χ1v) is 9.54. The topological polar surface area (TPSA) is 93.4 Å². The Morgan fingerprint density at radius 2 is 2.15 bits per heavy atom. The maximum Gasteiger partial charge on any atom is 0.308 e. The number of hydrogen-bond acceptors (Lipinski definition) is 7. The van der Waals surface area contributed by atoms with Gasteiger partial charge in [-0.05, 0) is 44.9 Å². The molecule has 1 aromatic rings. The second-order valence-electron chi connectivity index (χ2n) is 7.03. The number of carbonyl (C=O) groups is 1. The summed E-state index contributed by atoms with van der Waals surface area (Å²) in [5.74, 6) is 1.30. The molecule has 0 aromatic carbocycles. The first-order valence-electron chi connectivity index (χ1n) is 9.54. The molecule has 1 aliphatic carbocycles. The summed E-state index contributed by atoms with van der Waals surface area (Å²) in [5.41, 5.74) is 8.43. The summed E-state index contributed by atoms with van der Waals surface area (Å²) in [6, 6.07) is 0. The molecule has 7 heteroatoms. The van der Waals surface area contributed by atoms with Crippen LogP contribution in [0.25, 0.3) is 0 Å². The van der Waals surface area contributed by atoms with Crippen LogP contribution in [0, 0.1) is 5.92 Å². The number of piperidine rings is 1. The molecular formula is C19H29N5O2. The minimum atomic E-state index is -0.125. The smallest absolute Gasteiger partial charge is 0.308 e. The summed E-state index contributed by atoms with van der Waals surface area (Å²) in [4.78, 5) is 22.5. The Hall–Kier alpha value is -2.31. The SMILES string of the molecule is COC(=O)C1CCN(c2ncnc(NCCC3=CCCCC3)c2N)CC1. The number of nitrogens with zero attached hydrogens (tertiary/aromatic N) is 3. The highest BCUT2D eigenvalue weighted by atomic mass is 16.5. The second kappa shape index (κ2) is 8.87. The van der Waals surface area contributed by atoms with E-state index in [1.54, 1.807) is 6.33 Å². The zero-order chi connectivity index (χ0) is 18.4. The molecule has 0 unspecified atom stereocenters. The summed E-state index contributed by atoms with van der Waals surface area (Å²) in [7, 11) is 1.44. The van der Waals surface area contributed by atoms with Gasteiger partial charge in [0.15, 0.2) is 11.6 Å². The Balaban J connectivity index is 1.57. The van der Waals surface area contributed by atoms with Crippen LogP contribution in [0.3, 0.4) is 0 Å². The van der Waals surface area contributed by atoms with Crippen molar-refractivity contribution in [3.05, 3.63) is 18.0 Å². The summed E-state index contributed by atoms with van der Waals surface area (Å²) >= 11 is 0. The molecule has 26 heavy (non-hydrogen) atoms. The number of nitrogens with two attached hydrogens (primary N) is 1. The van der Waals surface area contributed by atoms with Crippen molar-refractivity contribution in [2.45, 2.75) is 44.9 Å². The van der Waals surface area contributed by atoms with Crippen LogP contribution < -0.4 is 16.0 Å². The second-order valence-corrected chi connectivity index (χ2v) is 7.03. The third kappa shape index (κ3) is 4.45. The minimum Gasteiger partial charge on any atom is -0.469 e. The van der Waals surface area contributed by atoms with Gasteiger partial charge in [-0.1, -0.05) is 11.6 Å². The third-order valence-electron chi connectivity index (χ3n) is 5.32. The van der Waals surface area contributed by atoms with Gasteiger partial charge in [0.05, 0.1) is 13.0 Å². The predicted octanol–water partition coefficient (Wildman–Crippen LogP) is 2.75. The van der Waals surface area contributed by atoms with Crippen molar-refractivity contribution in [3.8, 4) is 0 Å². The number of ether oxygens (including phenoxy) is 1. The minimum absolute atomic E-state index is 0.0272. The first-order chi connectivity index (χ1) is 12.7. The maximum absolute atomic E-state index is 11.7. The third-order valence-corrected chi connectivity index (χ3v) is 5.32. The first kappa shape index (κ1) is 18.5. The van der Waals surface area contributed by atoms with Gasteiger partial charge in [-0.25, -0.2) is 9.97 Å². The van der Waals surface area contributed by atoms with Gasteiger partial charge < -0.3 is 20.7 Å². The molecule has 0 atom stereocenters. The molecule has 1 saturated heterocycles. The van der Waals surface area contributed by atoms with Crippen LogP contribution in [0.4, 0.5) is 17.3 Å². The molecule has 3 rings (SSSR count). The Kier molecular flexibility index (Phi) is 6.30. The molecule has 0 saturated carbocycles. The molecule has 7 nitrogen and oxygen atoms in total. The lowest BCUT2D eigenvalue weighted by molar-refractivity contribution is -0.146. The summed E-state index contributed by atoms with van der Waals surface area (Å²) in [5, 5.41) is 3.36. The van der Waals surface area contributed by atoms with Crippen LogP contribution in [-0.4, -0.2) is 42.7 Å². The van der Waals surface area contributed by atoms with Crippen LogP contribution in [-0.2, 0) is 9.53 Å². The fourth-order valence-electron chi connectivity index (χ4n) is 3.75. The van der Waals surface area contributed by atoms with E-state index in [1.807, 2.05) is 0 Å². The van der Waals surface area contributed by atoms with Crippen LogP contribution in [0.5, 0.6) is 0 Å². The number of nitrogen functional groups attached to an aromatic ring is 1. The molecule has 0 amide bonds. The van der Waals surface area contributed by atoms with Gasteiger partial charge in [0.1, 0.15) is 12.0 Å². The van der Waals surface area contributed by atoms with Gasteiger partial charge in [-0.15, -0.1) is 0 Å². The lowest BCUT2D eigenvalue weighted by Gasteiger charge is -2.32. The summed E-state index contributed by atoms with van der Waals surface area (Å²) in [6.07, 6.45) is 11.5. The number of carbonyl (C=O) groups excluding carboxylic acids is 1. The monoisotopic (exact) mass is 359 g/mol. The zero-order valence-electron chi connectivity index (χ0n) is 15.5. The van der Waals surface area contributed by atoms with Crippen molar-refractivity contribution in [2.75, 3.05) is 42.7 Å². The van der Waals surface area contributed by atoms with Crippen LogP contribution in [0.15, 0.2) is 18.0 Å². The summed E-state index contributed by atoms with van der Waals surface area (Å²) < 4.78 is 4.85. The van der Waals surface area contributed by atoms with Crippen molar-refractivity contribution in [1.82, 2.24) is 9.97 Å². The normalized spacial score (nSPS) is 18.3. The molecule has 2 heterocycles. The van der Waals surface area contributed by atoms with Crippen molar-refractivity contribution in [1.29, 1.82) is 0 Å². The number of esters is 1. The molecule has 0 spiro atoms. The van der Waals surface area contributed by atoms with Crippen molar-refractivity contribution in [3.63, 3.8) is 0 Å². The number of rotatable bonds is 6. The fourth-order valence-corrected chi connectivity index (χ4v) is 3.75. The quantitative estimate of drug-likeness (QED) is 0.596. The van der Waals surface area contributed by atoms with Crippen LogP contribution in [0.2, 0.25) is 0 Å². The van der Waals surface area contributed by atoms with Crippen molar-refractivity contribution < 1.29 is 9.53 Å². The lowest BCUT2D eigenvalue weighted by atomic mass is 9.97. The average Bonchev–Trinajstić information content (AvgIpc) is 2.70. The van der Waals surface area contributed by atoms with E-state index in [0.29, 0.717) is 11.5 Å². The van der Waals surface area contributed by atoms with E-state index in [2.05, 4.69) is 26.3 Å². The number of hydrogen-bond donors (Lipinski definition) is 2. The molecule has 0 radical (unpaired) electrons. The van der Waals surface area contributed by atoms with E-state index in [9.17, 15) is 4.79 Å². The van der Waals surface area contributed by atoms with E-state index in [4.69, 9.17) is 10.5 Å². The maximum atomic E-state index is 11.7. The average molecular weight is 359 g/mol. The van der Waals surface area contributed by atoms with Gasteiger partial charge in [0.25, 0.3) is 0 Å². The predicted molar refractivity (Wildman–Crippen MR) is 103 cm³/mol. The van der Waals surface area contributed by atoms with Crippen LogP contribution in [0.1, 0.15) is 44.9 Å². The highest BCUT2D eigenvalue weighted by Gasteiger charge is 2.27. The van der Waals surface area contributed by atoms with E-state index < -0.39 is 0 Å². The highest BCUT2D eigenvalue weighted by molar-refractivity contribution is 5.76. The van der Waals surface area contributed by atoms with E-state index in [0.717, 1.165) is 44.7 Å². The number of aromatic nitrogens is 2. The Bertz CT molecular complexity index is 653. The van der Waals surface area contributed by atoms with Gasteiger partial charge in [0, 0.05) is 19.6 Å². The zero-order valence-corrected chi connectivity index (χ0v) is 15.5. The van der Waals surface area contributed by atoms with E-state index >= 15 is 0 Å². The van der Waals surface area contributed by atoms with Crippen LogP contribution >= 0.6 is 0 Å². The molecule has 1 fully saturated rings. The molecule has 142 valence electrons. The van der Waals surface area contributed by atoms with Crippen molar-refractivity contribution >= 4 is 23.3 Å². The van der Waals surface area contributed by atoms with Crippen molar-refractivity contribution in [2.24, 2.45) is 5.92 Å². The van der Waals surface area contributed by atoms with Gasteiger partial charge >= 0.3 is 5.97 Å². The molecule has 2 aliphatic rings. The van der Waals surface area contributed by atoms with E-state index in [-0.39, 0.29) is 11.9 Å². The largest absolute Gasteiger partial charge is 0.469 e. The summed E-state index contributed by atoms with van der Waals surface area (Å²) in [6.45, 7) is 2.32.